The number of nitrogens with zero attached hydrogens (tertiary/aromatic N) is 5. The number of anilines is 3. The lowest BCUT2D eigenvalue weighted by Crippen LogP contribution is -2.63. The Kier molecular flexibility index (Phi) is 13.8. The molecule has 3 heterocycles. The van der Waals surface area contributed by atoms with Crippen molar-refractivity contribution >= 4 is 17.8 Å². The minimum Gasteiger partial charge on any atom is -0.341 e. The quantitative estimate of drug-likeness (QED) is 0.0990. The summed E-state index contributed by atoms with van der Waals surface area (Å²) in [5.41, 5.74) is 0.147. The summed E-state index contributed by atoms with van der Waals surface area (Å²) in [4.78, 5) is 20.8. The largest absolute Gasteiger partial charge is 0.341 e. The molecule has 4 N–H and O–H groups in total. The monoisotopic (exact) mass is 630 g/mol. The molecule has 1 aromatic heterocycles. The van der Waals surface area contributed by atoms with Crippen molar-refractivity contribution in [1.29, 1.82) is 0 Å². The van der Waals surface area contributed by atoms with Crippen molar-refractivity contribution in [3.05, 3.63) is 0 Å². The highest BCUT2D eigenvalue weighted by Gasteiger charge is 2.42. The number of rotatable bonds is 18. The van der Waals surface area contributed by atoms with Gasteiger partial charge in [-0.3, -0.25) is 5.32 Å². The van der Waals surface area contributed by atoms with E-state index in [-0.39, 0.29) is 22.2 Å². The third kappa shape index (κ3) is 12.1. The molecule has 9 heteroatoms. The molecule has 0 amide bonds. The minimum absolute atomic E-state index is 0.0366. The first-order chi connectivity index (χ1) is 21.1. The molecule has 0 atom stereocenters. The van der Waals surface area contributed by atoms with Crippen LogP contribution in [0.15, 0.2) is 0 Å². The highest BCUT2D eigenvalue weighted by atomic mass is 15.4. The molecule has 0 unspecified atom stereocenters. The second-order valence-electron chi connectivity index (χ2n) is 16.7. The van der Waals surface area contributed by atoms with Gasteiger partial charge in [-0.2, -0.15) is 15.0 Å². The molecule has 260 valence electrons. The molecular weight excluding hydrogens is 558 g/mol. The van der Waals surface area contributed by atoms with Crippen molar-refractivity contribution in [1.82, 2.24) is 30.9 Å². The van der Waals surface area contributed by atoms with Crippen molar-refractivity contribution in [2.45, 2.75) is 187 Å². The van der Waals surface area contributed by atoms with Gasteiger partial charge in [0.05, 0.1) is 6.67 Å². The fraction of sp³-hybridized carbons (Fsp3) is 0.917. The first-order valence-corrected chi connectivity index (χ1v) is 18.4. The fourth-order valence-electron chi connectivity index (χ4n) is 8.12. The number of hydrogen-bond donors (Lipinski definition) is 4. The van der Waals surface area contributed by atoms with Gasteiger partial charge >= 0.3 is 0 Å². The van der Waals surface area contributed by atoms with Crippen molar-refractivity contribution in [3.8, 4) is 0 Å². The Morgan fingerprint density at radius 2 is 1.02 bits per heavy atom. The van der Waals surface area contributed by atoms with E-state index in [1.807, 2.05) is 0 Å². The first kappa shape index (κ1) is 37.7. The van der Waals surface area contributed by atoms with Crippen LogP contribution in [-0.4, -0.2) is 75.5 Å². The Balaban J connectivity index is 2.03. The van der Waals surface area contributed by atoms with Gasteiger partial charge in [-0.1, -0.05) is 52.9 Å². The standard InChI is InChI=1S/C36H71N9/c1-12-15-18-19-20-37-27-38-30-39-31(44(21-16-13-2)28-23-33(4,5)42-34(6,7)24-28)41-32(40-30)45(22-17-14-3)29-25-35(8,9)43-36(10,11)26-29/h28-29,37,42-43H,12-27H2,1-11H3,(H,38,39,40,41). The van der Waals surface area contributed by atoms with Gasteiger partial charge in [-0.05, 0) is 107 Å². The zero-order valence-corrected chi connectivity index (χ0v) is 31.2. The van der Waals surface area contributed by atoms with Gasteiger partial charge in [0.15, 0.2) is 0 Å². The summed E-state index contributed by atoms with van der Waals surface area (Å²) in [6, 6.07) is 0.701. The summed E-state index contributed by atoms with van der Waals surface area (Å²) < 4.78 is 0. The van der Waals surface area contributed by atoms with Crippen LogP contribution in [0.5, 0.6) is 0 Å². The second-order valence-corrected chi connectivity index (χ2v) is 16.7. The minimum atomic E-state index is 0.0366. The van der Waals surface area contributed by atoms with E-state index in [0.717, 1.165) is 82.9 Å². The van der Waals surface area contributed by atoms with Crippen molar-refractivity contribution in [2.75, 3.05) is 41.4 Å². The van der Waals surface area contributed by atoms with Crippen LogP contribution in [0.2, 0.25) is 0 Å². The van der Waals surface area contributed by atoms with E-state index < -0.39 is 0 Å². The number of nitrogens with one attached hydrogen (secondary N) is 4. The average molecular weight is 630 g/mol. The summed E-state index contributed by atoms with van der Waals surface area (Å²) in [6.45, 7) is 29.1. The molecule has 2 aliphatic heterocycles. The SMILES string of the molecule is CCCCCCNCNc1nc(N(CCCC)C2CC(C)(C)NC(C)(C)C2)nc(N(CCCC)C2CC(C)(C)NC(C)(C)C2)n1. The van der Waals surface area contributed by atoms with Crippen LogP contribution in [0.4, 0.5) is 17.8 Å². The molecule has 0 saturated carbocycles. The summed E-state index contributed by atoms with van der Waals surface area (Å²) in [5, 5.41) is 14.9. The van der Waals surface area contributed by atoms with Gasteiger partial charge in [0.2, 0.25) is 17.8 Å². The number of aromatic nitrogens is 3. The van der Waals surface area contributed by atoms with Crippen LogP contribution in [0.3, 0.4) is 0 Å². The third-order valence-corrected chi connectivity index (χ3v) is 9.43. The van der Waals surface area contributed by atoms with Crippen LogP contribution in [0.1, 0.15) is 153 Å². The van der Waals surface area contributed by atoms with Crippen LogP contribution >= 0.6 is 0 Å². The zero-order valence-electron chi connectivity index (χ0n) is 31.2. The Labute approximate surface area is 277 Å². The van der Waals surface area contributed by atoms with E-state index in [0.29, 0.717) is 24.7 Å². The molecule has 0 radical (unpaired) electrons. The molecular formula is C36H71N9. The molecule has 0 spiro atoms. The van der Waals surface area contributed by atoms with Crippen LogP contribution in [-0.2, 0) is 0 Å². The highest BCUT2D eigenvalue weighted by Crippen LogP contribution is 2.36. The molecule has 9 nitrogen and oxygen atoms in total. The second kappa shape index (κ2) is 16.4. The summed E-state index contributed by atoms with van der Waals surface area (Å²) in [7, 11) is 0. The molecule has 1 aromatic rings. The maximum atomic E-state index is 5.39. The Bertz CT molecular complexity index is 922. The topological polar surface area (TPSA) is 93.3 Å². The van der Waals surface area contributed by atoms with E-state index in [9.17, 15) is 0 Å². The smallest absolute Gasteiger partial charge is 0.232 e. The van der Waals surface area contributed by atoms with E-state index in [1.54, 1.807) is 0 Å². The molecule has 2 fully saturated rings. The Hall–Kier alpha value is -1.71. The zero-order chi connectivity index (χ0) is 33.3. The summed E-state index contributed by atoms with van der Waals surface area (Å²) in [5.74, 6) is 2.33. The molecule has 2 saturated heterocycles. The van der Waals surface area contributed by atoms with E-state index in [1.165, 1.54) is 25.7 Å². The van der Waals surface area contributed by atoms with Gasteiger partial charge in [0.1, 0.15) is 0 Å². The van der Waals surface area contributed by atoms with E-state index in [4.69, 9.17) is 15.0 Å². The lowest BCUT2D eigenvalue weighted by molar-refractivity contribution is 0.157. The van der Waals surface area contributed by atoms with E-state index >= 15 is 0 Å². The normalized spacial score (nSPS) is 21.0. The molecule has 0 aliphatic carbocycles. The molecule has 45 heavy (non-hydrogen) atoms. The summed E-state index contributed by atoms with van der Waals surface area (Å²) in [6.07, 6.45) is 13.8. The maximum absolute atomic E-state index is 5.39. The van der Waals surface area contributed by atoms with Crippen molar-refractivity contribution in [3.63, 3.8) is 0 Å². The maximum Gasteiger partial charge on any atom is 0.232 e. The predicted molar refractivity (Wildman–Crippen MR) is 194 cm³/mol. The van der Waals surface area contributed by atoms with Crippen LogP contribution < -0.4 is 31.1 Å². The van der Waals surface area contributed by atoms with Gasteiger partial charge in [-0.25, -0.2) is 0 Å². The van der Waals surface area contributed by atoms with Gasteiger partial charge in [-0.15, -0.1) is 0 Å². The number of hydrogen-bond acceptors (Lipinski definition) is 9. The van der Waals surface area contributed by atoms with Crippen LogP contribution in [0.25, 0.3) is 0 Å². The molecule has 3 rings (SSSR count). The molecule has 2 aliphatic rings. The van der Waals surface area contributed by atoms with E-state index in [2.05, 4.69) is 107 Å². The predicted octanol–water partition coefficient (Wildman–Crippen LogP) is 7.24. The highest BCUT2D eigenvalue weighted by molar-refractivity contribution is 5.47. The van der Waals surface area contributed by atoms with Gasteiger partial charge in [0.25, 0.3) is 0 Å². The third-order valence-electron chi connectivity index (χ3n) is 9.43. The van der Waals surface area contributed by atoms with Gasteiger partial charge in [0, 0.05) is 47.3 Å². The van der Waals surface area contributed by atoms with Crippen molar-refractivity contribution < 1.29 is 0 Å². The fourth-order valence-corrected chi connectivity index (χ4v) is 8.12. The number of unbranched alkanes of at least 4 members (excludes halogenated alkanes) is 5. The van der Waals surface area contributed by atoms with Gasteiger partial charge < -0.3 is 25.8 Å². The number of piperidine rings is 2. The summed E-state index contributed by atoms with van der Waals surface area (Å²) >= 11 is 0. The Morgan fingerprint density at radius 3 is 1.42 bits per heavy atom. The Morgan fingerprint density at radius 1 is 0.600 bits per heavy atom. The van der Waals surface area contributed by atoms with Crippen LogP contribution in [0, 0.1) is 0 Å². The lowest BCUT2D eigenvalue weighted by Gasteiger charge is -2.50. The lowest BCUT2D eigenvalue weighted by atomic mass is 9.79. The molecule has 0 bridgehead atoms. The molecule has 0 aromatic carbocycles. The van der Waals surface area contributed by atoms with Crippen molar-refractivity contribution in [2.24, 2.45) is 0 Å². The first-order valence-electron chi connectivity index (χ1n) is 18.4. The average Bonchev–Trinajstić information content (AvgIpc) is 2.89.